The fourth-order valence-electron chi connectivity index (χ4n) is 2.27. The molecule has 0 saturated carbocycles. The van der Waals surface area contributed by atoms with Gasteiger partial charge in [0.05, 0.1) is 28.7 Å². The van der Waals surface area contributed by atoms with Crippen molar-refractivity contribution in [3.8, 4) is 0 Å². The Morgan fingerprint density at radius 2 is 2.05 bits per heavy atom. The van der Waals surface area contributed by atoms with Gasteiger partial charge in [-0.15, -0.1) is 0 Å². The lowest BCUT2D eigenvalue weighted by molar-refractivity contribution is -0.137. The molecule has 0 aliphatic carbocycles. The van der Waals surface area contributed by atoms with Gasteiger partial charge in [0.15, 0.2) is 9.84 Å². The zero-order chi connectivity index (χ0) is 15.7. The van der Waals surface area contributed by atoms with Crippen molar-refractivity contribution in [3.63, 3.8) is 0 Å². The summed E-state index contributed by atoms with van der Waals surface area (Å²) in [6.07, 6.45) is -3.86. The van der Waals surface area contributed by atoms with Gasteiger partial charge in [0, 0.05) is 6.61 Å². The minimum absolute atomic E-state index is 0.0222. The van der Waals surface area contributed by atoms with E-state index in [0.29, 0.717) is 19.6 Å². The molecule has 0 spiro atoms. The summed E-state index contributed by atoms with van der Waals surface area (Å²) in [5, 5.41) is -0.487. The van der Waals surface area contributed by atoms with Crippen LogP contribution in [0.15, 0.2) is 18.2 Å². The number of hydrogen-bond donors (Lipinski definition) is 0. The molecule has 2 rings (SSSR count). The second kappa shape index (κ2) is 6.14. The fraction of sp³-hybridized carbons (Fsp3) is 0.538. The summed E-state index contributed by atoms with van der Waals surface area (Å²) in [4.78, 5) is 0. The summed E-state index contributed by atoms with van der Waals surface area (Å²) in [5.41, 5.74) is -0.707. The van der Waals surface area contributed by atoms with E-state index in [1.165, 1.54) is 0 Å². The van der Waals surface area contributed by atoms with Crippen LogP contribution in [0.4, 0.5) is 13.2 Å². The molecule has 0 amide bonds. The van der Waals surface area contributed by atoms with Gasteiger partial charge >= 0.3 is 6.18 Å². The Kier molecular flexibility index (Phi) is 4.85. The highest BCUT2D eigenvalue weighted by Gasteiger charge is 2.33. The molecule has 8 heteroatoms. The summed E-state index contributed by atoms with van der Waals surface area (Å²) in [6.45, 7) is 0.958. The number of ether oxygens (including phenoxy) is 1. The van der Waals surface area contributed by atoms with Gasteiger partial charge in [0.25, 0.3) is 0 Å². The van der Waals surface area contributed by atoms with Crippen molar-refractivity contribution in [1.82, 2.24) is 0 Å². The number of rotatable bonds is 4. The molecule has 1 aliphatic rings. The van der Waals surface area contributed by atoms with Gasteiger partial charge in [0.2, 0.25) is 0 Å². The number of sulfone groups is 1. The second-order valence-electron chi connectivity index (χ2n) is 5.10. The van der Waals surface area contributed by atoms with Gasteiger partial charge in [-0.25, -0.2) is 8.42 Å². The fourth-order valence-corrected chi connectivity index (χ4v) is 4.36. The molecule has 1 unspecified atom stereocenters. The van der Waals surface area contributed by atoms with Crippen molar-refractivity contribution in [3.05, 3.63) is 34.3 Å². The Morgan fingerprint density at radius 1 is 1.33 bits per heavy atom. The molecule has 0 bridgehead atoms. The third-order valence-corrected chi connectivity index (χ3v) is 5.30. The van der Waals surface area contributed by atoms with Crippen LogP contribution in [0.2, 0.25) is 5.02 Å². The molecule has 21 heavy (non-hydrogen) atoms. The Morgan fingerprint density at radius 3 is 2.57 bits per heavy atom. The number of benzene rings is 1. The lowest BCUT2D eigenvalue weighted by Gasteiger charge is -2.12. The zero-order valence-electron chi connectivity index (χ0n) is 11.0. The summed E-state index contributed by atoms with van der Waals surface area (Å²) >= 11 is 5.58. The Hall–Kier alpha value is -0.790. The first-order valence-corrected chi connectivity index (χ1v) is 8.51. The van der Waals surface area contributed by atoms with Crippen molar-refractivity contribution < 1.29 is 26.3 Å². The minimum atomic E-state index is -4.55. The van der Waals surface area contributed by atoms with E-state index in [1.54, 1.807) is 0 Å². The summed E-state index contributed by atoms with van der Waals surface area (Å²) in [7, 11) is -3.40. The standard InChI is InChI=1S/C13H14ClF3O3S/c14-12-5-9(1-2-11(12)13(15,16)17)7-21(18,19)8-10-3-4-20-6-10/h1-2,5,10H,3-4,6-8H2. The average Bonchev–Trinajstić information content (AvgIpc) is 2.78. The SMILES string of the molecule is O=S(=O)(Cc1ccc(C(F)(F)F)c(Cl)c1)CC1CCOC1. The van der Waals surface area contributed by atoms with E-state index in [9.17, 15) is 21.6 Å². The molecule has 1 saturated heterocycles. The number of alkyl halides is 3. The van der Waals surface area contributed by atoms with Crippen LogP contribution in [-0.4, -0.2) is 27.4 Å². The van der Waals surface area contributed by atoms with Crippen molar-refractivity contribution in [2.75, 3.05) is 19.0 Å². The summed E-state index contributed by atoms with van der Waals surface area (Å²) in [6, 6.07) is 3.02. The van der Waals surface area contributed by atoms with Crippen LogP contribution in [0.25, 0.3) is 0 Å². The maximum absolute atomic E-state index is 12.6. The number of halogens is 4. The lowest BCUT2D eigenvalue weighted by atomic mass is 10.1. The van der Waals surface area contributed by atoms with Crippen molar-refractivity contribution >= 4 is 21.4 Å². The van der Waals surface area contributed by atoms with Crippen LogP contribution in [0.5, 0.6) is 0 Å². The molecule has 0 N–H and O–H groups in total. The van der Waals surface area contributed by atoms with E-state index >= 15 is 0 Å². The Labute approximate surface area is 126 Å². The van der Waals surface area contributed by atoms with E-state index in [1.807, 2.05) is 0 Å². The maximum atomic E-state index is 12.6. The summed E-state index contributed by atoms with van der Waals surface area (Å²) < 4.78 is 66.9. The van der Waals surface area contributed by atoms with Gasteiger partial charge in [-0.1, -0.05) is 17.7 Å². The number of hydrogen-bond acceptors (Lipinski definition) is 3. The Bertz CT molecular complexity index is 608. The molecule has 1 aliphatic heterocycles. The zero-order valence-corrected chi connectivity index (χ0v) is 12.6. The lowest BCUT2D eigenvalue weighted by Crippen LogP contribution is -2.18. The van der Waals surface area contributed by atoms with Crippen molar-refractivity contribution in [1.29, 1.82) is 0 Å². The molecule has 1 aromatic carbocycles. The van der Waals surface area contributed by atoms with E-state index in [0.717, 1.165) is 18.2 Å². The van der Waals surface area contributed by atoms with E-state index in [2.05, 4.69) is 0 Å². The highest BCUT2D eigenvalue weighted by Crippen LogP contribution is 2.35. The second-order valence-corrected chi connectivity index (χ2v) is 7.61. The van der Waals surface area contributed by atoms with Gasteiger partial charge in [-0.2, -0.15) is 13.2 Å². The van der Waals surface area contributed by atoms with Gasteiger partial charge in [0.1, 0.15) is 0 Å². The molecule has 1 atom stereocenters. The first-order chi connectivity index (χ1) is 9.67. The van der Waals surface area contributed by atoms with Crippen LogP contribution >= 0.6 is 11.6 Å². The van der Waals surface area contributed by atoms with E-state index < -0.39 is 26.6 Å². The monoisotopic (exact) mass is 342 g/mol. The van der Waals surface area contributed by atoms with Crippen molar-refractivity contribution in [2.45, 2.75) is 18.3 Å². The molecular weight excluding hydrogens is 329 g/mol. The highest BCUT2D eigenvalue weighted by atomic mass is 35.5. The first-order valence-electron chi connectivity index (χ1n) is 6.31. The van der Waals surface area contributed by atoms with Crippen LogP contribution in [0.3, 0.4) is 0 Å². The van der Waals surface area contributed by atoms with E-state index in [-0.39, 0.29) is 23.0 Å². The van der Waals surface area contributed by atoms with Gasteiger partial charge in [-0.3, -0.25) is 0 Å². The van der Waals surface area contributed by atoms with Gasteiger partial charge < -0.3 is 4.74 Å². The molecule has 118 valence electrons. The molecule has 1 fully saturated rings. The minimum Gasteiger partial charge on any atom is -0.381 e. The predicted octanol–water partition coefficient (Wildman–Crippen LogP) is 3.31. The largest absolute Gasteiger partial charge is 0.417 e. The summed E-state index contributed by atoms with van der Waals surface area (Å²) in [5.74, 6) is -0.382. The first kappa shape index (κ1) is 16.6. The average molecular weight is 343 g/mol. The van der Waals surface area contributed by atoms with Crippen LogP contribution in [-0.2, 0) is 26.5 Å². The predicted molar refractivity (Wildman–Crippen MR) is 72.9 cm³/mol. The Balaban J connectivity index is 2.10. The van der Waals surface area contributed by atoms with Crippen molar-refractivity contribution in [2.24, 2.45) is 5.92 Å². The third kappa shape index (κ3) is 4.59. The normalized spacial score (nSPS) is 19.9. The molecule has 3 nitrogen and oxygen atoms in total. The molecular formula is C13H14ClF3O3S. The maximum Gasteiger partial charge on any atom is 0.417 e. The van der Waals surface area contributed by atoms with Crippen LogP contribution in [0, 0.1) is 5.92 Å². The quantitative estimate of drug-likeness (QED) is 0.843. The topological polar surface area (TPSA) is 43.4 Å². The molecule has 0 aromatic heterocycles. The van der Waals surface area contributed by atoms with Crippen LogP contribution < -0.4 is 0 Å². The highest BCUT2D eigenvalue weighted by molar-refractivity contribution is 7.90. The molecule has 1 heterocycles. The smallest absolute Gasteiger partial charge is 0.381 e. The third-order valence-electron chi connectivity index (χ3n) is 3.24. The van der Waals surface area contributed by atoms with Crippen LogP contribution in [0.1, 0.15) is 17.5 Å². The molecule has 1 aromatic rings. The molecule has 0 radical (unpaired) electrons. The van der Waals surface area contributed by atoms with Gasteiger partial charge in [-0.05, 0) is 30.0 Å². The van der Waals surface area contributed by atoms with E-state index in [4.69, 9.17) is 16.3 Å².